The first-order valence-electron chi connectivity index (χ1n) is 5.00. The lowest BCUT2D eigenvalue weighted by molar-refractivity contribution is 0.0703. The van der Waals surface area contributed by atoms with Gasteiger partial charge in [0.05, 0.1) is 5.69 Å². The third-order valence-electron chi connectivity index (χ3n) is 2.21. The molecule has 2 amide bonds. The van der Waals surface area contributed by atoms with Crippen molar-refractivity contribution in [3.63, 3.8) is 0 Å². The van der Waals surface area contributed by atoms with Gasteiger partial charge in [0.2, 0.25) is 0 Å². The molecule has 0 fully saturated rings. The van der Waals surface area contributed by atoms with Gasteiger partial charge in [-0.15, -0.1) is 11.3 Å². The highest BCUT2D eigenvalue weighted by Crippen LogP contribution is 2.35. The van der Waals surface area contributed by atoms with Crippen LogP contribution in [0.1, 0.15) is 9.67 Å². The number of carbonyl (C=O) groups is 2. The molecule has 0 aromatic carbocycles. The molecular formula is C11H10N2O3S2. The van der Waals surface area contributed by atoms with Crippen molar-refractivity contribution in [2.24, 2.45) is 0 Å². The van der Waals surface area contributed by atoms with Crippen LogP contribution in [0.4, 0.5) is 10.5 Å². The molecule has 2 aromatic heterocycles. The van der Waals surface area contributed by atoms with Crippen molar-refractivity contribution in [1.82, 2.24) is 5.32 Å². The molecule has 0 saturated carbocycles. The standard InChI is InChI=1S/C11H10N2O3S2/c1-12-11(16)13-7-4-8(6-2-3-17-5-6)18-9(7)10(14)15/h2-5H,1H3,(H,14,15)(H2,12,13,16). The molecule has 0 aliphatic heterocycles. The third-order valence-corrected chi connectivity index (χ3v) is 4.06. The maximum absolute atomic E-state index is 11.2. The van der Waals surface area contributed by atoms with Gasteiger partial charge in [0, 0.05) is 17.5 Å². The Bertz CT molecular complexity index is 575. The number of carboxylic acid groups (broad SMARTS) is 1. The van der Waals surface area contributed by atoms with E-state index in [4.69, 9.17) is 5.11 Å². The molecule has 2 rings (SSSR count). The molecule has 0 aliphatic carbocycles. The number of thiophene rings is 2. The fraction of sp³-hybridized carbons (Fsp3) is 0.0909. The molecule has 7 heteroatoms. The Balaban J connectivity index is 2.38. The lowest BCUT2D eigenvalue weighted by Gasteiger charge is -2.02. The van der Waals surface area contributed by atoms with Crippen LogP contribution in [0.25, 0.3) is 10.4 Å². The van der Waals surface area contributed by atoms with E-state index in [1.807, 2.05) is 16.8 Å². The molecule has 0 bridgehead atoms. The summed E-state index contributed by atoms with van der Waals surface area (Å²) in [6, 6.07) is 3.14. The van der Waals surface area contributed by atoms with Crippen molar-refractivity contribution in [1.29, 1.82) is 0 Å². The summed E-state index contributed by atoms with van der Waals surface area (Å²) in [6.45, 7) is 0. The fourth-order valence-corrected chi connectivity index (χ4v) is 3.05. The first-order chi connectivity index (χ1) is 8.61. The van der Waals surface area contributed by atoms with Crippen molar-refractivity contribution in [3.05, 3.63) is 27.8 Å². The van der Waals surface area contributed by atoms with E-state index in [-0.39, 0.29) is 4.88 Å². The predicted molar refractivity (Wildman–Crippen MR) is 72.7 cm³/mol. The molecule has 2 aromatic rings. The SMILES string of the molecule is CNC(=O)Nc1cc(-c2ccsc2)sc1C(=O)O. The van der Waals surface area contributed by atoms with Crippen molar-refractivity contribution in [3.8, 4) is 10.4 Å². The lowest BCUT2D eigenvalue weighted by atomic mass is 10.2. The van der Waals surface area contributed by atoms with E-state index in [0.717, 1.165) is 21.8 Å². The van der Waals surface area contributed by atoms with Gasteiger partial charge in [-0.2, -0.15) is 11.3 Å². The number of hydrogen-bond acceptors (Lipinski definition) is 4. The summed E-state index contributed by atoms with van der Waals surface area (Å²) in [5.74, 6) is -1.05. The second-order valence-corrected chi connectivity index (χ2v) is 5.21. The summed E-state index contributed by atoms with van der Waals surface area (Å²) in [7, 11) is 1.47. The van der Waals surface area contributed by atoms with Gasteiger partial charge >= 0.3 is 12.0 Å². The van der Waals surface area contributed by atoms with Crippen molar-refractivity contribution >= 4 is 40.4 Å². The quantitative estimate of drug-likeness (QED) is 0.810. The van der Waals surface area contributed by atoms with E-state index in [0.29, 0.717) is 5.69 Å². The summed E-state index contributed by atoms with van der Waals surface area (Å²) in [5.41, 5.74) is 1.27. The van der Waals surface area contributed by atoms with Gasteiger partial charge in [-0.3, -0.25) is 0 Å². The number of anilines is 1. The van der Waals surface area contributed by atoms with E-state index in [1.165, 1.54) is 18.4 Å². The normalized spacial score (nSPS) is 10.1. The van der Waals surface area contributed by atoms with Gasteiger partial charge in [-0.05, 0) is 22.9 Å². The lowest BCUT2D eigenvalue weighted by Crippen LogP contribution is -2.24. The maximum Gasteiger partial charge on any atom is 0.348 e. The molecule has 0 atom stereocenters. The van der Waals surface area contributed by atoms with Gasteiger partial charge in [-0.25, -0.2) is 9.59 Å². The Labute approximate surface area is 111 Å². The zero-order chi connectivity index (χ0) is 13.1. The van der Waals surface area contributed by atoms with E-state index < -0.39 is 12.0 Å². The van der Waals surface area contributed by atoms with Crippen molar-refractivity contribution < 1.29 is 14.7 Å². The van der Waals surface area contributed by atoms with Gasteiger partial charge in [-0.1, -0.05) is 0 Å². The summed E-state index contributed by atoms with van der Waals surface area (Å²) < 4.78 is 0. The number of urea groups is 1. The first-order valence-corrected chi connectivity index (χ1v) is 6.76. The van der Waals surface area contributed by atoms with E-state index in [9.17, 15) is 9.59 Å². The monoisotopic (exact) mass is 282 g/mol. The highest BCUT2D eigenvalue weighted by molar-refractivity contribution is 7.18. The number of carbonyl (C=O) groups excluding carboxylic acids is 1. The molecule has 0 radical (unpaired) electrons. The maximum atomic E-state index is 11.2. The minimum atomic E-state index is -1.05. The number of amides is 2. The van der Waals surface area contributed by atoms with Crippen LogP contribution in [0.2, 0.25) is 0 Å². The molecule has 0 unspecified atom stereocenters. The number of nitrogens with one attached hydrogen (secondary N) is 2. The summed E-state index contributed by atoms with van der Waals surface area (Å²) in [6.07, 6.45) is 0. The minimum Gasteiger partial charge on any atom is -0.477 e. The zero-order valence-electron chi connectivity index (χ0n) is 9.39. The molecule has 2 heterocycles. The Morgan fingerprint density at radius 2 is 2.17 bits per heavy atom. The number of rotatable bonds is 3. The Morgan fingerprint density at radius 3 is 2.72 bits per heavy atom. The first kappa shape index (κ1) is 12.6. The van der Waals surface area contributed by atoms with Gasteiger partial charge in [0.25, 0.3) is 0 Å². The average Bonchev–Trinajstić information content (AvgIpc) is 2.96. The topological polar surface area (TPSA) is 78.4 Å². The second kappa shape index (κ2) is 5.19. The Morgan fingerprint density at radius 1 is 1.39 bits per heavy atom. The van der Waals surface area contributed by atoms with Crippen LogP contribution in [-0.2, 0) is 0 Å². The molecule has 5 nitrogen and oxygen atoms in total. The largest absolute Gasteiger partial charge is 0.477 e. The highest BCUT2D eigenvalue weighted by Gasteiger charge is 2.17. The molecular weight excluding hydrogens is 272 g/mol. The average molecular weight is 282 g/mol. The molecule has 18 heavy (non-hydrogen) atoms. The van der Waals surface area contributed by atoms with Crippen LogP contribution in [-0.4, -0.2) is 24.2 Å². The van der Waals surface area contributed by atoms with Gasteiger partial charge in [0.15, 0.2) is 0 Å². The Hall–Kier alpha value is -1.86. The summed E-state index contributed by atoms with van der Waals surface area (Å²) in [4.78, 5) is 23.3. The molecule has 0 aliphatic rings. The van der Waals surface area contributed by atoms with E-state index in [1.54, 1.807) is 6.07 Å². The number of aromatic carboxylic acids is 1. The number of hydrogen-bond donors (Lipinski definition) is 3. The zero-order valence-corrected chi connectivity index (χ0v) is 11.0. The van der Waals surface area contributed by atoms with Crippen LogP contribution in [0.15, 0.2) is 22.9 Å². The summed E-state index contributed by atoms with van der Waals surface area (Å²) >= 11 is 2.68. The number of carboxylic acids is 1. The molecule has 0 spiro atoms. The van der Waals surface area contributed by atoms with Gasteiger partial charge in [0.1, 0.15) is 4.88 Å². The van der Waals surface area contributed by atoms with Gasteiger partial charge < -0.3 is 15.7 Å². The third kappa shape index (κ3) is 2.52. The van der Waals surface area contributed by atoms with Crippen molar-refractivity contribution in [2.75, 3.05) is 12.4 Å². The van der Waals surface area contributed by atoms with Crippen molar-refractivity contribution in [2.45, 2.75) is 0 Å². The predicted octanol–water partition coefficient (Wildman–Crippen LogP) is 2.93. The highest BCUT2D eigenvalue weighted by atomic mass is 32.1. The minimum absolute atomic E-state index is 0.125. The van der Waals surface area contributed by atoms with Crippen LogP contribution >= 0.6 is 22.7 Å². The molecule has 0 saturated heterocycles. The van der Waals surface area contributed by atoms with E-state index >= 15 is 0 Å². The van der Waals surface area contributed by atoms with Crippen LogP contribution in [0, 0.1) is 0 Å². The smallest absolute Gasteiger partial charge is 0.348 e. The molecule has 3 N–H and O–H groups in total. The van der Waals surface area contributed by atoms with Crippen LogP contribution in [0.5, 0.6) is 0 Å². The van der Waals surface area contributed by atoms with Crippen LogP contribution in [0.3, 0.4) is 0 Å². The second-order valence-electron chi connectivity index (χ2n) is 3.37. The Kier molecular flexibility index (Phi) is 3.63. The fourth-order valence-electron chi connectivity index (χ4n) is 1.37. The van der Waals surface area contributed by atoms with E-state index in [2.05, 4.69) is 10.6 Å². The van der Waals surface area contributed by atoms with Crippen LogP contribution < -0.4 is 10.6 Å². The summed E-state index contributed by atoms with van der Waals surface area (Å²) in [5, 5.41) is 17.8. The molecule has 94 valence electrons.